The minimum Gasteiger partial charge on any atom is -0.298 e. The number of thiophene rings is 1. The van der Waals surface area contributed by atoms with E-state index in [0.717, 1.165) is 27.7 Å². The molecule has 1 heterocycles. The van der Waals surface area contributed by atoms with E-state index in [2.05, 4.69) is 0 Å². The predicted octanol–water partition coefficient (Wildman–Crippen LogP) is 2.85. The van der Waals surface area contributed by atoms with Gasteiger partial charge in [-0.25, -0.2) is 0 Å². The van der Waals surface area contributed by atoms with Crippen molar-refractivity contribution in [2.24, 2.45) is 0 Å². The molecule has 0 fully saturated rings. The molecule has 12 heavy (non-hydrogen) atoms. The lowest BCUT2D eigenvalue weighted by atomic mass is 10.2. The van der Waals surface area contributed by atoms with Crippen LogP contribution in [-0.4, -0.2) is 6.29 Å². The van der Waals surface area contributed by atoms with Gasteiger partial charge in [0.1, 0.15) is 6.29 Å². The summed E-state index contributed by atoms with van der Waals surface area (Å²) in [6.45, 7) is 0. The van der Waals surface area contributed by atoms with Crippen LogP contribution in [0.15, 0.2) is 24.3 Å². The molecule has 1 aromatic heterocycles. The number of benzene rings is 1. The Morgan fingerprint density at radius 3 is 2.92 bits per heavy atom. The van der Waals surface area contributed by atoms with Crippen LogP contribution in [-0.2, 0) is 0 Å². The Labute approximate surface area is 72.4 Å². The van der Waals surface area contributed by atoms with Gasteiger partial charge in [0, 0.05) is 10.3 Å². The molecule has 2 aromatic rings. The van der Waals surface area contributed by atoms with Crippen molar-refractivity contribution in [1.82, 2.24) is 0 Å². The van der Waals surface area contributed by atoms with Crippen LogP contribution < -0.4 is 0 Å². The number of carbonyl (C=O) groups is 1. The molecule has 0 atom stereocenters. The van der Waals surface area contributed by atoms with Gasteiger partial charge in [-0.15, -0.1) is 11.3 Å². The van der Waals surface area contributed by atoms with Crippen LogP contribution in [0, 0.1) is 5.13 Å². The number of hydrogen-bond acceptors (Lipinski definition) is 2. The first kappa shape index (κ1) is 7.43. The third-order valence-corrected chi connectivity index (χ3v) is 2.54. The van der Waals surface area contributed by atoms with Crippen molar-refractivity contribution < 1.29 is 9.18 Å². The average Bonchev–Trinajstić information content (AvgIpc) is 2.43. The maximum atomic E-state index is 12.7. The fourth-order valence-electron chi connectivity index (χ4n) is 1.09. The van der Waals surface area contributed by atoms with Crippen molar-refractivity contribution in [2.45, 2.75) is 0 Å². The van der Waals surface area contributed by atoms with Gasteiger partial charge >= 0.3 is 0 Å². The van der Waals surface area contributed by atoms with Gasteiger partial charge in [-0.1, -0.05) is 12.1 Å². The molecular formula is C9H5FOS. The molecule has 0 amide bonds. The summed E-state index contributed by atoms with van der Waals surface area (Å²) in [5.74, 6) is 0. The molecule has 1 nitrogen and oxygen atoms in total. The van der Waals surface area contributed by atoms with Gasteiger partial charge in [0.05, 0.1) is 0 Å². The van der Waals surface area contributed by atoms with E-state index in [-0.39, 0.29) is 5.13 Å². The van der Waals surface area contributed by atoms with Crippen molar-refractivity contribution in [3.05, 3.63) is 35.0 Å². The molecule has 0 bridgehead atoms. The van der Waals surface area contributed by atoms with E-state index in [1.165, 1.54) is 6.07 Å². The standard InChI is InChI=1S/C9H5FOS/c10-9-4-7-2-1-6(5-11)3-8(7)12-9/h1-5H. The number of fused-ring (bicyclic) bond motifs is 1. The SMILES string of the molecule is O=Cc1ccc2cc(F)sc2c1. The fraction of sp³-hybridized carbons (Fsp3) is 0. The normalized spacial score (nSPS) is 10.4. The monoisotopic (exact) mass is 180 g/mol. The number of halogens is 1. The second-order valence-corrected chi connectivity index (χ2v) is 3.50. The molecule has 60 valence electrons. The van der Waals surface area contributed by atoms with Gasteiger partial charge in [0.2, 0.25) is 0 Å². The van der Waals surface area contributed by atoms with E-state index < -0.39 is 0 Å². The highest BCUT2D eigenvalue weighted by Gasteiger charge is 2.00. The first-order valence-corrected chi connectivity index (χ1v) is 4.25. The van der Waals surface area contributed by atoms with Crippen LogP contribution in [0.1, 0.15) is 10.4 Å². The van der Waals surface area contributed by atoms with Crippen molar-refractivity contribution in [3.63, 3.8) is 0 Å². The number of hydrogen-bond donors (Lipinski definition) is 0. The Bertz CT molecular complexity index is 433. The van der Waals surface area contributed by atoms with Gasteiger partial charge in [-0.3, -0.25) is 4.79 Å². The molecule has 0 saturated heterocycles. The Hall–Kier alpha value is -1.22. The maximum absolute atomic E-state index is 12.7. The highest BCUT2D eigenvalue weighted by molar-refractivity contribution is 7.17. The van der Waals surface area contributed by atoms with E-state index in [4.69, 9.17) is 0 Å². The van der Waals surface area contributed by atoms with E-state index in [1.807, 2.05) is 0 Å². The topological polar surface area (TPSA) is 17.1 Å². The smallest absolute Gasteiger partial charge is 0.177 e. The van der Waals surface area contributed by atoms with Gasteiger partial charge in [0.15, 0.2) is 5.13 Å². The van der Waals surface area contributed by atoms with Crippen LogP contribution in [0.3, 0.4) is 0 Å². The molecule has 0 N–H and O–H groups in total. The fourth-order valence-corrected chi connectivity index (χ4v) is 1.92. The number of rotatable bonds is 1. The third kappa shape index (κ3) is 1.12. The highest BCUT2D eigenvalue weighted by atomic mass is 32.1. The third-order valence-electron chi connectivity index (χ3n) is 1.65. The van der Waals surface area contributed by atoms with Crippen LogP contribution in [0.4, 0.5) is 4.39 Å². The first-order valence-electron chi connectivity index (χ1n) is 3.44. The zero-order valence-corrected chi connectivity index (χ0v) is 6.90. The van der Waals surface area contributed by atoms with Gasteiger partial charge < -0.3 is 0 Å². The van der Waals surface area contributed by atoms with Crippen LogP contribution in [0.5, 0.6) is 0 Å². The first-order chi connectivity index (χ1) is 5.79. The zero-order valence-electron chi connectivity index (χ0n) is 6.08. The highest BCUT2D eigenvalue weighted by Crippen LogP contribution is 2.24. The Morgan fingerprint density at radius 2 is 2.17 bits per heavy atom. The summed E-state index contributed by atoms with van der Waals surface area (Å²) < 4.78 is 13.5. The largest absolute Gasteiger partial charge is 0.298 e. The number of aldehydes is 1. The quantitative estimate of drug-likeness (QED) is 0.617. The Balaban J connectivity index is 2.74. The molecule has 0 unspecified atom stereocenters. The summed E-state index contributed by atoms with van der Waals surface area (Å²) in [5, 5.41) is 0.635. The molecule has 2 rings (SSSR count). The summed E-state index contributed by atoms with van der Waals surface area (Å²) in [6, 6.07) is 6.59. The lowest BCUT2D eigenvalue weighted by Crippen LogP contribution is -1.75. The average molecular weight is 180 g/mol. The van der Waals surface area contributed by atoms with Gasteiger partial charge in [-0.2, -0.15) is 4.39 Å². The molecule has 3 heteroatoms. The lowest BCUT2D eigenvalue weighted by molar-refractivity contribution is 0.112. The summed E-state index contributed by atoms with van der Waals surface area (Å²) in [6.07, 6.45) is 0.761. The molecule has 0 spiro atoms. The van der Waals surface area contributed by atoms with E-state index >= 15 is 0 Å². The molecule has 0 aliphatic rings. The molecule has 0 radical (unpaired) electrons. The second kappa shape index (κ2) is 2.68. The van der Waals surface area contributed by atoms with Gasteiger partial charge in [-0.05, 0) is 17.5 Å². The van der Waals surface area contributed by atoms with Crippen molar-refractivity contribution in [2.75, 3.05) is 0 Å². The van der Waals surface area contributed by atoms with Crippen molar-refractivity contribution in [1.29, 1.82) is 0 Å². The minimum absolute atomic E-state index is 0.215. The summed E-state index contributed by atoms with van der Waals surface area (Å²) >= 11 is 1.06. The maximum Gasteiger partial charge on any atom is 0.177 e. The summed E-state index contributed by atoms with van der Waals surface area (Å²) in [5.41, 5.74) is 0.587. The van der Waals surface area contributed by atoms with E-state index in [0.29, 0.717) is 5.56 Å². The summed E-state index contributed by atoms with van der Waals surface area (Å²) in [4.78, 5) is 10.4. The second-order valence-electron chi connectivity index (χ2n) is 2.47. The van der Waals surface area contributed by atoms with Gasteiger partial charge in [0.25, 0.3) is 0 Å². The summed E-state index contributed by atoms with van der Waals surface area (Å²) in [7, 11) is 0. The molecule has 0 saturated carbocycles. The Morgan fingerprint density at radius 1 is 1.33 bits per heavy atom. The van der Waals surface area contributed by atoms with Crippen LogP contribution in [0.2, 0.25) is 0 Å². The molecule has 0 aliphatic carbocycles. The minimum atomic E-state index is -0.215. The van der Waals surface area contributed by atoms with Crippen LogP contribution in [0.25, 0.3) is 10.1 Å². The lowest BCUT2D eigenvalue weighted by Gasteiger charge is -1.88. The van der Waals surface area contributed by atoms with Crippen molar-refractivity contribution >= 4 is 27.7 Å². The van der Waals surface area contributed by atoms with E-state index in [9.17, 15) is 9.18 Å². The number of carbonyl (C=O) groups excluding carboxylic acids is 1. The van der Waals surface area contributed by atoms with Crippen molar-refractivity contribution in [3.8, 4) is 0 Å². The predicted molar refractivity (Wildman–Crippen MR) is 47.2 cm³/mol. The Kier molecular flexibility index (Phi) is 1.66. The molecule has 0 aliphatic heterocycles. The van der Waals surface area contributed by atoms with Crippen LogP contribution >= 0.6 is 11.3 Å². The molecule has 1 aromatic carbocycles. The zero-order chi connectivity index (χ0) is 8.55. The molecular weight excluding hydrogens is 175 g/mol. The van der Waals surface area contributed by atoms with E-state index in [1.54, 1.807) is 18.2 Å².